The fraction of sp³-hybridized carbons (Fsp3) is 0.818. The van der Waals surface area contributed by atoms with E-state index in [1.807, 2.05) is 13.8 Å². The predicted octanol–water partition coefficient (Wildman–Crippen LogP) is 0.463. The minimum absolute atomic E-state index is 0.0793. The molecular weight excluding hydrogens is 210 g/mol. The van der Waals surface area contributed by atoms with Crippen molar-refractivity contribution in [1.82, 2.24) is 5.32 Å². The average Bonchev–Trinajstić information content (AvgIpc) is 2.23. The van der Waals surface area contributed by atoms with Gasteiger partial charge in [-0.25, -0.2) is 0 Å². The molecule has 0 radical (unpaired) electrons. The first-order chi connectivity index (χ1) is 7.51. The smallest absolute Gasteiger partial charge is 0.306 e. The molecule has 0 aromatic carbocycles. The third-order valence-electron chi connectivity index (χ3n) is 2.21. The second-order valence-corrected chi connectivity index (χ2v) is 3.91. The summed E-state index contributed by atoms with van der Waals surface area (Å²) in [5.74, 6) is -0.444. The quantitative estimate of drug-likeness (QED) is 0.624. The van der Waals surface area contributed by atoms with Crippen molar-refractivity contribution in [3.63, 3.8) is 0 Å². The number of nitrogens with one attached hydrogen (secondary N) is 1. The first kappa shape index (κ1) is 14.9. The number of carbonyl (C=O) groups excluding carboxylic acids is 2. The molecule has 5 nitrogen and oxygen atoms in total. The lowest BCUT2D eigenvalue weighted by Crippen LogP contribution is -2.41. The van der Waals surface area contributed by atoms with Gasteiger partial charge in [-0.1, -0.05) is 13.8 Å². The fourth-order valence-electron chi connectivity index (χ4n) is 1.15. The molecule has 0 aromatic heterocycles. The molecule has 0 bridgehead atoms. The zero-order valence-electron chi connectivity index (χ0n) is 10.2. The first-order valence-electron chi connectivity index (χ1n) is 5.57. The van der Waals surface area contributed by atoms with E-state index in [2.05, 4.69) is 5.32 Å². The Hall–Kier alpha value is -1.10. The summed E-state index contributed by atoms with van der Waals surface area (Å²) in [4.78, 5) is 22.4. The van der Waals surface area contributed by atoms with Crippen molar-refractivity contribution in [1.29, 1.82) is 0 Å². The van der Waals surface area contributed by atoms with Gasteiger partial charge in [0.25, 0.3) is 0 Å². The van der Waals surface area contributed by atoms with Crippen molar-refractivity contribution in [3.05, 3.63) is 0 Å². The Bertz CT molecular complexity index is 228. The molecule has 0 fully saturated rings. The van der Waals surface area contributed by atoms with Crippen LogP contribution >= 0.6 is 0 Å². The standard InChI is InChI=1S/C11H21NO4/c1-4-16-11(15)6-5-10(14)12-9(7-13)8(2)3/h8-9,13H,4-7H2,1-3H3,(H,12,14). The predicted molar refractivity (Wildman–Crippen MR) is 59.7 cm³/mol. The molecule has 0 aromatic rings. The minimum Gasteiger partial charge on any atom is -0.466 e. The summed E-state index contributed by atoms with van der Waals surface area (Å²) in [6.45, 7) is 5.77. The summed E-state index contributed by atoms with van der Waals surface area (Å²) in [7, 11) is 0. The molecule has 0 saturated heterocycles. The maximum Gasteiger partial charge on any atom is 0.306 e. The van der Waals surface area contributed by atoms with Crippen LogP contribution in [0.2, 0.25) is 0 Å². The third kappa shape index (κ3) is 6.40. The van der Waals surface area contributed by atoms with Crippen molar-refractivity contribution in [2.24, 2.45) is 5.92 Å². The summed E-state index contributed by atoms with van der Waals surface area (Å²) in [5, 5.41) is 11.7. The molecule has 0 rings (SSSR count). The fourth-order valence-corrected chi connectivity index (χ4v) is 1.15. The molecular formula is C11H21NO4. The van der Waals surface area contributed by atoms with Gasteiger partial charge in [0.15, 0.2) is 0 Å². The highest BCUT2D eigenvalue weighted by Crippen LogP contribution is 2.01. The Morgan fingerprint density at radius 1 is 1.31 bits per heavy atom. The number of aliphatic hydroxyl groups excluding tert-OH is 1. The van der Waals surface area contributed by atoms with Gasteiger partial charge >= 0.3 is 5.97 Å². The summed E-state index contributed by atoms with van der Waals surface area (Å²) >= 11 is 0. The van der Waals surface area contributed by atoms with E-state index in [0.29, 0.717) is 6.61 Å². The van der Waals surface area contributed by atoms with Crippen LogP contribution in [0.3, 0.4) is 0 Å². The largest absolute Gasteiger partial charge is 0.466 e. The Kier molecular flexibility index (Phi) is 7.54. The van der Waals surface area contributed by atoms with E-state index in [1.165, 1.54) is 0 Å². The molecule has 0 heterocycles. The van der Waals surface area contributed by atoms with Gasteiger partial charge in [0.05, 0.1) is 25.7 Å². The van der Waals surface area contributed by atoms with Crippen LogP contribution in [0.4, 0.5) is 0 Å². The molecule has 94 valence electrons. The van der Waals surface area contributed by atoms with E-state index < -0.39 is 0 Å². The van der Waals surface area contributed by atoms with E-state index in [4.69, 9.17) is 9.84 Å². The average molecular weight is 231 g/mol. The minimum atomic E-state index is -0.372. The highest BCUT2D eigenvalue weighted by Gasteiger charge is 2.15. The zero-order valence-corrected chi connectivity index (χ0v) is 10.2. The summed E-state index contributed by atoms with van der Waals surface area (Å²) < 4.78 is 4.70. The molecule has 1 amide bonds. The maximum atomic E-state index is 11.4. The van der Waals surface area contributed by atoms with Gasteiger partial charge in [0.2, 0.25) is 5.91 Å². The van der Waals surface area contributed by atoms with Gasteiger partial charge < -0.3 is 15.2 Å². The third-order valence-corrected chi connectivity index (χ3v) is 2.21. The number of carbonyl (C=O) groups is 2. The molecule has 0 aliphatic heterocycles. The Balaban J connectivity index is 3.85. The van der Waals surface area contributed by atoms with Gasteiger partial charge in [-0.3, -0.25) is 9.59 Å². The van der Waals surface area contributed by atoms with Crippen LogP contribution in [0, 0.1) is 5.92 Å². The molecule has 0 aliphatic rings. The Labute approximate surface area is 96.2 Å². The zero-order chi connectivity index (χ0) is 12.6. The molecule has 0 saturated carbocycles. The number of rotatable bonds is 7. The molecule has 2 N–H and O–H groups in total. The first-order valence-corrected chi connectivity index (χ1v) is 5.57. The van der Waals surface area contributed by atoms with Gasteiger partial charge in [0.1, 0.15) is 0 Å². The second-order valence-electron chi connectivity index (χ2n) is 3.91. The van der Waals surface area contributed by atoms with E-state index in [1.54, 1.807) is 6.92 Å². The van der Waals surface area contributed by atoms with E-state index in [9.17, 15) is 9.59 Å². The van der Waals surface area contributed by atoms with Crippen LogP contribution < -0.4 is 5.32 Å². The van der Waals surface area contributed by atoms with Crippen molar-refractivity contribution in [3.8, 4) is 0 Å². The van der Waals surface area contributed by atoms with Crippen molar-refractivity contribution < 1.29 is 19.4 Å². The van der Waals surface area contributed by atoms with Crippen molar-refractivity contribution in [2.75, 3.05) is 13.2 Å². The van der Waals surface area contributed by atoms with Crippen LogP contribution in [0.1, 0.15) is 33.6 Å². The Morgan fingerprint density at radius 2 is 1.94 bits per heavy atom. The number of esters is 1. The number of aliphatic hydroxyl groups is 1. The topological polar surface area (TPSA) is 75.6 Å². The monoisotopic (exact) mass is 231 g/mol. The van der Waals surface area contributed by atoms with E-state index in [-0.39, 0.29) is 43.3 Å². The summed E-state index contributed by atoms with van der Waals surface area (Å²) in [6, 6.07) is -0.255. The molecule has 0 aliphatic carbocycles. The molecule has 0 spiro atoms. The van der Waals surface area contributed by atoms with Gasteiger partial charge in [-0.15, -0.1) is 0 Å². The van der Waals surface area contributed by atoms with E-state index >= 15 is 0 Å². The van der Waals surface area contributed by atoms with E-state index in [0.717, 1.165) is 0 Å². The molecule has 5 heteroatoms. The summed E-state index contributed by atoms with van der Waals surface area (Å²) in [6.07, 6.45) is 0.179. The highest BCUT2D eigenvalue weighted by molar-refractivity contribution is 5.81. The van der Waals surface area contributed by atoms with Crippen LogP contribution in [-0.2, 0) is 14.3 Å². The number of hydrogen-bond acceptors (Lipinski definition) is 4. The van der Waals surface area contributed by atoms with Crippen molar-refractivity contribution >= 4 is 11.9 Å². The lowest BCUT2D eigenvalue weighted by Gasteiger charge is -2.19. The normalized spacial score (nSPS) is 12.3. The maximum absolute atomic E-state index is 11.4. The molecule has 16 heavy (non-hydrogen) atoms. The van der Waals surface area contributed by atoms with Crippen LogP contribution in [0.15, 0.2) is 0 Å². The number of amides is 1. The lowest BCUT2D eigenvalue weighted by molar-refractivity contribution is -0.144. The van der Waals surface area contributed by atoms with Gasteiger partial charge in [0, 0.05) is 6.42 Å². The lowest BCUT2D eigenvalue weighted by atomic mass is 10.1. The van der Waals surface area contributed by atoms with Crippen LogP contribution in [-0.4, -0.2) is 36.2 Å². The van der Waals surface area contributed by atoms with Crippen LogP contribution in [0.5, 0.6) is 0 Å². The van der Waals surface area contributed by atoms with Crippen LogP contribution in [0.25, 0.3) is 0 Å². The Morgan fingerprint density at radius 3 is 2.38 bits per heavy atom. The SMILES string of the molecule is CCOC(=O)CCC(=O)NC(CO)C(C)C. The van der Waals surface area contributed by atoms with Gasteiger partial charge in [-0.05, 0) is 12.8 Å². The van der Waals surface area contributed by atoms with Gasteiger partial charge in [-0.2, -0.15) is 0 Å². The molecule has 1 atom stereocenters. The number of hydrogen-bond donors (Lipinski definition) is 2. The number of ether oxygens (including phenoxy) is 1. The summed E-state index contributed by atoms with van der Waals surface area (Å²) in [5.41, 5.74) is 0. The highest BCUT2D eigenvalue weighted by atomic mass is 16.5. The van der Waals surface area contributed by atoms with Crippen molar-refractivity contribution in [2.45, 2.75) is 39.7 Å². The molecule has 1 unspecified atom stereocenters. The second kappa shape index (κ2) is 8.10.